The summed E-state index contributed by atoms with van der Waals surface area (Å²) in [6.07, 6.45) is 1.68. The normalized spacial score (nSPS) is 13.2. The molecule has 0 saturated heterocycles. The molecule has 0 fully saturated rings. The molecule has 0 spiro atoms. The average Bonchev–Trinajstić information content (AvgIpc) is 2.59. The molecule has 1 aromatic heterocycles. The van der Waals surface area contributed by atoms with Gasteiger partial charge in [-0.1, -0.05) is 25.6 Å². The number of amides is 1. The summed E-state index contributed by atoms with van der Waals surface area (Å²) in [6, 6.07) is 1.56. The van der Waals surface area contributed by atoms with Crippen molar-refractivity contribution in [3.8, 4) is 0 Å². The molecule has 0 aliphatic heterocycles. The largest absolute Gasteiger partial charge is 0.469 e. The molecule has 0 bridgehead atoms. The topological polar surface area (TPSA) is 92.4 Å². The first-order valence-corrected chi connectivity index (χ1v) is 9.41. The molecule has 0 unspecified atom stereocenters. The summed E-state index contributed by atoms with van der Waals surface area (Å²) < 4.78 is 4.58. The summed E-state index contributed by atoms with van der Waals surface area (Å²) in [6.45, 7) is 8.17. The molecule has 1 aromatic rings. The fourth-order valence-electron chi connectivity index (χ4n) is 2.39. The van der Waals surface area contributed by atoms with Gasteiger partial charge in [0.25, 0.3) is 5.56 Å². The predicted octanol–water partition coefficient (Wildman–Crippen LogP) is 2.00. The van der Waals surface area contributed by atoms with E-state index in [1.165, 1.54) is 24.9 Å². The van der Waals surface area contributed by atoms with Gasteiger partial charge in [-0.25, -0.2) is 4.98 Å². The van der Waals surface area contributed by atoms with E-state index in [-0.39, 0.29) is 35.7 Å². The third kappa shape index (κ3) is 6.53. The maximum atomic E-state index is 12.6. The van der Waals surface area contributed by atoms with Crippen molar-refractivity contribution >= 4 is 23.6 Å². The predicted molar refractivity (Wildman–Crippen MR) is 97.7 cm³/mol. The molecule has 2 atom stereocenters. The summed E-state index contributed by atoms with van der Waals surface area (Å²) in [5, 5.41) is 0.327. The van der Waals surface area contributed by atoms with Crippen LogP contribution in [-0.4, -0.2) is 51.7 Å². The van der Waals surface area contributed by atoms with Gasteiger partial charge in [0.05, 0.1) is 25.0 Å². The molecule has 25 heavy (non-hydrogen) atoms. The van der Waals surface area contributed by atoms with Crippen LogP contribution in [0.15, 0.2) is 16.0 Å². The number of carbonyl (C=O) groups excluding carboxylic acids is 2. The number of aromatic amines is 1. The highest BCUT2D eigenvalue weighted by Crippen LogP contribution is 2.17. The van der Waals surface area contributed by atoms with Gasteiger partial charge >= 0.3 is 5.97 Å². The van der Waals surface area contributed by atoms with Crippen LogP contribution in [0.25, 0.3) is 0 Å². The Morgan fingerprint density at radius 2 is 1.88 bits per heavy atom. The van der Waals surface area contributed by atoms with Gasteiger partial charge in [0.2, 0.25) is 5.91 Å². The quantitative estimate of drug-likeness (QED) is 0.407. The molecule has 140 valence electrons. The molecular weight excluding hydrogens is 342 g/mol. The van der Waals surface area contributed by atoms with E-state index in [0.29, 0.717) is 10.9 Å². The van der Waals surface area contributed by atoms with Crippen LogP contribution in [0.3, 0.4) is 0 Å². The van der Waals surface area contributed by atoms with E-state index in [0.717, 1.165) is 12.8 Å². The number of methoxy groups -OCH3 is 1. The van der Waals surface area contributed by atoms with Crippen molar-refractivity contribution in [1.29, 1.82) is 0 Å². The van der Waals surface area contributed by atoms with Crippen molar-refractivity contribution < 1.29 is 14.3 Å². The Labute approximate surface area is 152 Å². The first-order chi connectivity index (χ1) is 11.8. The van der Waals surface area contributed by atoms with E-state index in [1.807, 2.05) is 18.7 Å². The van der Waals surface area contributed by atoms with Crippen LogP contribution in [0.5, 0.6) is 0 Å². The van der Waals surface area contributed by atoms with Gasteiger partial charge in [-0.2, -0.15) is 0 Å². The van der Waals surface area contributed by atoms with E-state index >= 15 is 0 Å². The van der Waals surface area contributed by atoms with Crippen molar-refractivity contribution in [2.45, 2.75) is 64.2 Å². The maximum absolute atomic E-state index is 12.6. The minimum Gasteiger partial charge on any atom is -0.469 e. The Hall–Kier alpha value is -1.83. The van der Waals surface area contributed by atoms with Gasteiger partial charge in [0.15, 0.2) is 5.16 Å². The molecule has 0 aliphatic rings. The van der Waals surface area contributed by atoms with E-state index in [1.54, 1.807) is 0 Å². The Morgan fingerprint density at radius 3 is 2.40 bits per heavy atom. The number of H-pyrrole nitrogens is 1. The van der Waals surface area contributed by atoms with Crippen LogP contribution >= 0.6 is 11.8 Å². The van der Waals surface area contributed by atoms with Crippen molar-refractivity contribution in [2.24, 2.45) is 0 Å². The summed E-state index contributed by atoms with van der Waals surface area (Å²) in [4.78, 5) is 44.4. The minimum atomic E-state index is -0.468. The van der Waals surface area contributed by atoms with Crippen LogP contribution in [-0.2, 0) is 20.7 Å². The van der Waals surface area contributed by atoms with Gasteiger partial charge in [-0.05, 0) is 26.7 Å². The first-order valence-electron chi connectivity index (χ1n) is 8.43. The summed E-state index contributed by atoms with van der Waals surface area (Å²) in [7, 11) is 1.28. The number of thioether (sulfide) groups is 1. The highest BCUT2D eigenvalue weighted by molar-refractivity contribution is 7.99. The molecule has 7 nitrogen and oxygen atoms in total. The standard InChI is InChI=1S/C17H27N3O4S/c1-6-11(3)20(12(4)7-2)15(22)10-25-17-18-13(8-14(21)19-17)9-16(23)24-5/h8,11-12H,6-7,9-10H2,1-5H3,(H,18,19,21)/t11-,12-/m0/s1. The lowest BCUT2D eigenvalue weighted by Crippen LogP contribution is -2.45. The molecule has 8 heteroatoms. The molecule has 0 saturated carbocycles. The zero-order chi connectivity index (χ0) is 19.0. The minimum absolute atomic E-state index is 0.00900. The molecule has 1 amide bonds. The molecular formula is C17H27N3O4S. The molecule has 1 heterocycles. The summed E-state index contributed by atoms with van der Waals surface area (Å²) >= 11 is 1.17. The SMILES string of the molecule is CC[C@H](C)N(C(=O)CSc1nc(CC(=O)OC)cc(=O)[nH]1)[C@@H](C)CC. The number of carbonyl (C=O) groups is 2. The smallest absolute Gasteiger partial charge is 0.311 e. The number of hydrogen-bond donors (Lipinski definition) is 1. The number of esters is 1. The average molecular weight is 369 g/mol. The van der Waals surface area contributed by atoms with Crippen molar-refractivity contribution in [2.75, 3.05) is 12.9 Å². The number of nitrogens with zero attached hydrogens (tertiary/aromatic N) is 2. The Morgan fingerprint density at radius 1 is 1.28 bits per heavy atom. The fraction of sp³-hybridized carbons (Fsp3) is 0.647. The third-order valence-corrected chi connectivity index (χ3v) is 4.94. The zero-order valence-electron chi connectivity index (χ0n) is 15.5. The van der Waals surface area contributed by atoms with Gasteiger partial charge < -0.3 is 14.6 Å². The van der Waals surface area contributed by atoms with E-state index < -0.39 is 5.97 Å². The monoisotopic (exact) mass is 369 g/mol. The van der Waals surface area contributed by atoms with Crippen molar-refractivity contribution in [3.05, 3.63) is 22.1 Å². The van der Waals surface area contributed by atoms with Crippen molar-refractivity contribution in [3.63, 3.8) is 0 Å². The molecule has 1 N–H and O–H groups in total. The fourth-order valence-corrected chi connectivity index (χ4v) is 3.15. The van der Waals surface area contributed by atoms with Crippen LogP contribution in [0.2, 0.25) is 0 Å². The Kier molecular flexibility index (Phi) is 8.68. The summed E-state index contributed by atoms with van der Waals surface area (Å²) in [5.41, 5.74) is -0.0316. The highest BCUT2D eigenvalue weighted by atomic mass is 32.2. The Balaban J connectivity index is 2.83. The molecule has 0 aliphatic carbocycles. The van der Waals surface area contributed by atoms with Gasteiger partial charge in [0.1, 0.15) is 0 Å². The first kappa shape index (κ1) is 21.2. The van der Waals surface area contributed by atoms with Gasteiger partial charge in [0, 0.05) is 18.2 Å². The van der Waals surface area contributed by atoms with E-state index in [4.69, 9.17) is 0 Å². The second kappa shape index (κ2) is 10.2. The number of ether oxygens (including phenoxy) is 1. The van der Waals surface area contributed by atoms with E-state index in [2.05, 4.69) is 28.6 Å². The summed E-state index contributed by atoms with van der Waals surface area (Å²) in [5.74, 6) is -0.279. The van der Waals surface area contributed by atoms with Gasteiger partial charge in [-0.3, -0.25) is 14.4 Å². The Bertz CT molecular complexity index is 637. The number of nitrogens with one attached hydrogen (secondary N) is 1. The second-order valence-electron chi connectivity index (χ2n) is 5.90. The zero-order valence-corrected chi connectivity index (χ0v) is 16.3. The second-order valence-corrected chi connectivity index (χ2v) is 6.86. The third-order valence-electron chi connectivity index (χ3n) is 4.08. The number of rotatable bonds is 9. The number of hydrogen-bond acceptors (Lipinski definition) is 6. The lowest BCUT2D eigenvalue weighted by molar-refractivity contribution is -0.140. The molecule has 0 radical (unpaired) electrons. The van der Waals surface area contributed by atoms with Crippen molar-refractivity contribution in [1.82, 2.24) is 14.9 Å². The van der Waals surface area contributed by atoms with Crippen LogP contribution in [0.1, 0.15) is 46.2 Å². The highest BCUT2D eigenvalue weighted by Gasteiger charge is 2.23. The maximum Gasteiger partial charge on any atom is 0.311 e. The van der Waals surface area contributed by atoms with Crippen LogP contribution in [0.4, 0.5) is 0 Å². The van der Waals surface area contributed by atoms with Gasteiger partial charge in [-0.15, -0.1) is 0 Å². The lowest BCUT2D eigenvalue weighted by Gasteiger charge is -2.34. The number of aromatic nitrogens is 2. The van der Waals surface area contributed by atoms with Crippen LogP contribution in [0, 0.1) is 0 Å². The molecule has 0 aromatic carbocycles. The van der Waals surface area contributed by atoms with Crippen LogP contribution < -0.4 is 5.56 Å². The van der Waals surface area contributed by atoms with E-state index in [9.17, 15) is 14.4 Å². The molecule has 1 rings (SSSR count). The lowest BCUT2D eigenvalue weighted by atomic mass is 10.1.